The van der Waals surface area contributed by atoms with Gasteiger partial charge >= 0.3 is 0 Å². The van der Waals surface area contributed by atoms with Crippen LogP contribution in [0.5, 0.6) is 0 Å². The molecule has 0 bridgehead atoms. The van der Waals surface area contributed by atoms with E-state index in [0.717, 1.165) is 17.7 Å². The molecule has 2 nitrogen and oxygen atoms in total. The molecule has 0 aliphatic carbocycles. The van der Waals surface area contributed by atoms with E-state index in [1.54, 1.807) is 0 Å². The first-order chi connectivity index (χ1) is 9.11. The summed E-state index contributed by atoms with van der Waals surface area (Å²) in [5.74, 6) is 0. The van der Waals surface area contributed by atoms with Gasteiger partial charge in [0.15, 0.2) is 0 Å². The molecule has 0 spiro atoms. The van der Waals surface area contributed by atoms with Crippen molar-refractivity contribution in [3.05, 3.63) is 70.3 Å². The van der Waals surface area contributed by atoms with Gasteiger partial charge in [-0.25, -0.2) is 0 Å². The van der Waals surface area contributed by atoms with Gasteiger partial charge < -0.3 is 10.4 Å². The number of hydrogen-bond acceptors (Lipinski definition) is 2. The van der Waals surface area contributed by atoms with Gasteiger partial charge in [-0.2, -0.15) is 0 Å². The van der Waals surface area contributed by atoms with E-state index in [9.17, 15) is 5.11 Å². The van der Waals surface area contributed by atoms with Crippen LogP contribution in [0.1, 0.15) is 33.9 Å². The highest BCUT2D eigenvalue weighted by Gasteiger charge is 2.10. The second kappa shape index (κ2) is 6.00. The second-order valence-corrected chi connectivity index (χ2v) is 5.02. The van der Waals surface area contributed by atoms with Crippen molar-refractivity contribution in [3.8, 4) is 0 Å². The van der Waals surface area contributed by atoms with Crippen LogP contribution in [-0.2, 0) is 6.54 Å². The van der Waals surface area contributed by atoms with E-state index in [2.05, 4.69) is 43.4 Å². The molecule has 0 amide bonds. The second-order valence-electron chi connectivity index (χ2n) is 5.02. The third-order valence-corrected chi connectivity index (χ3v) is 3.52. The Bertz CT molecular complexity index is 546. The number of aliphatic hydroxyl groups excluding tert-OH is 1. The molecule has 0 aliphatic heterocycles. The van der Waals surface area contributed by atoms with Crippen molar-refractivity contribution in [1.82, 2.24) is 5.32 Å². The normalized spacial score (nSPS) is 12.4. The maximum Gasteiger partial charge on any atom is 0.104 e. The summed E-state index contributed by atoms with van der Waals surface area (Å²) in [5, 5.41) is 13.5. The fourth-order valence-electron chi connectivity index (χ4n) is 2.15. The highest BCUT2D eigenvalue weighted by Crippen LogP contribution is 2.24. The van der Waals surface area contributed by atoms with Crippen LogP contribution >= 0.6 is 0 Å². The van der Waals surface area contributed by atoms with Crippen molar-refractivity contribution < 1.29 is 5.11 Å². The quantitative estimate of drug-likeness (QED) is 0.880. The topological polar surface area (TPSA) is 32.3 Å². The smallest absolute Gasteiger partial charge is 0.104 e. The number of rotatable bonds is 4. The van der Waals surface area contributed by atoms with Gasteiger partial charge in [0.1, 0.15) is 6.10 Å². The molecule has 2 aromatic rings. The first-order valence-corrected chi connectivity index (χ1v) is 6.60. The standard InChI is InChI=1S/C17H21NO/c1-12-4-7-16(10-13(12)2)17(19)15-8-5-14(6-9-15)11-18-3/h4-10,17-19H,11H2,1-3H3. The van der Waals surface area contributed by atoms with Crippen LogP contribution in [0.15, 0.2) is 42.5 Å². The molecule has 2 aromatic carbocycles. The average molecular weight is 255 g/mol. The zero-order valence-corrected chi connectivity index (χ0v) is 11.8. The Morgan fingerprint density at radius 2 is 1.58 bits per heavy atom. The Balaban J connectivity index is 2.22. The zero-order chi connectivity index (χ0) is 13.8. The summed E-state index contributed by atoms with van der Waals surface area (Å²) in [6.45, 7) is 5.00. The van der Waals surface area contributed by atoms with Gasteiger partial charge in [0.25, 0.3) is 0 Å². The molecule has 0 aliphatic rings. The van der Waals surface area contributed by atoms with Crippen molar-refractivity contribution in [2.45, 2.75) is 26.5 Å². The minimum atomic E-state index is -0.553. The highest BCUT2D eigenvalue weighted by atomic mass is 16.3. The largest absolute Gasteiger partial charge is 0.384 e. The molecular weight excluding hydrogens is 234 g/mol. The maximum atomic E-state index is 10.4. The monoisotopic (exact) mass is 255 g/mol. The molecule has 1 atom stereocenters. The maximum absolute atomic E-state index is 10.4. The summed E-state index contributed by atoms with van der Waals surface area (Å²) >= 11 is 0. The van der Waals surface area contributed by atoms with Gasteiger partial charge in [-0.05, 0) is 48.7 Å². The predicted molar refractivity (Wildman–Crippen MR) is 79.2 cm³/mol. The Morgan fingerprint density at radius 3 is 2.16 bits per heavy atom. The lowest BCUT2D eigenvalue weighted by Crippen LogP contribution is -2.05. The van der Waals surface area contributed by atoms with E-state index in [4.69, 9.17) is 0 Å². The summed E-state index contributed by atoms with van der Waals surface area (Å²) < 4.78 is 0. The summed E-state index contributed by atoms with van der Waals surface area (Å²) in [5.41, 5.74) is 5.56. The van der Waals surface area contributed by atoms with Crippen LogP contribution in [0.3, 0.4) is 0 Å². The summed E-state index contributed by atoms with van der Waals surface area (Å²) in [4.78, 5) is 0. The molecular formula is C17H21NO. The van der Waals surface area contributed by atoms with Crippen molar-refractivity contribution in [3.63, 3.8) is 0 Å². The Kier molecular flexibility index (Phi) is 4.35. The van der Waals surface area contributed by atoms with Gasteiger partial charge in [-0.15, -0.1) is 0 Å². The Hall–Kier alpha value is -1.64. The molecule has 0 fully saturated rings. The molecule has 19 heavy (non-hydrogen) atoms. The number of nitrogens with one attached hydrogen (secondary N) is 1. The van der Waals surface area contributed by atoms with E-state index in [1.165, 1.54) is 16.7 Å². The Labute approximate surface area is 115 Å². The van der Waals surface area contributed by atoms with Crippen LogP contribution in [0.4, 0.5) is 0 Å². The van der Waals surface area contributed by atoms with Crippen molar-refractivity contribution in [2.75, 3.05) is 7.05 Å². The molecule has 0 saturated carbocycles. The van der Waals surface area contributed by atoms with Crippen molar-refractivity contribution in [1.29, 1.82) is 0 Å². The average Bonchev–Trinajstić information content (AvgIpc) is 2.42. The van der Waals surface area contributed by atoms with Crippen LogP contribution in [-0.4, -0.2) is 12.2 Å². The van der Waals surface area contributed by atoms with Gasteiger partial charge in [-0.3, -0.25) is 0 Å². The fraction of sp³-hybridized carbons (Fsp3) is 0.294. The van der Waals surface area contributed by atoms with Crippen LogP contribution in [0, 0.1) is 13.8 Å². The number of aliphatic hydroxyl groups is 1. The number of benzene rings is 2. The molecule has 0 saturated heterocycles. The third-order valence-electron chi connectivity index (χ3n) is 3.52. The summed E-state index contributed by atoms with van der Waals surface area (Å²) in [6, 6.07) is 14.2. The lowest BCUT2D eigenvalue weighted by atomic mass is 9.97. The van der Waals surface area contributed by atoms with Gasteiger partial charge in [-0.1, -0.05) is 42.5 Å². The van der Waals surface area contributed by atoms with E-state index in [0.29, 0.717) is 0 Å². The molecule has 0 heterocycles. The van der Waals surface area contributed by atoms with Crippen LogP contribution in [0.25, 0.3) is 0 Å². The fourth-order valence-corrected chi connectivity index (χ4v) is 2.15. The molecule has 100 valence electrons. The molecule has 0 radical (unpaired) electrons. The predicted octanol–water partition coefficient (Wildman–Crippen LogP) is 3.10. The lowest BCUT2D eigenvalue weighted by Gasteiger charge is -2.14. The van der Waals surface area contributed by atoms with Crippen molar-refractivity contribution in [2.24, 2.45) is 0 Å². The summed E-state index contributed by atoms with van der Waals surface area (Å²) in [7, 11) is 1.93. The lowest BCUT2D eigenvalue weighted by molar-refractivity contribution is 0.220. The minimum absolute atomic E-state index is 0.553. The van der Waals surface area contributed by atoms with Gasteiger partial charge in [0.2, 0.25) is 0 Å². The molecule has 2 rings (SSSR count). The van der Waals surface area contributed by atoms with Crippen molar-refractivity contribution >= 4 is 0 Å². The van der Waals surface area contributed by atoms with Gasteiger partial charge in [0, 0.05) is 6.54 Å². The molecule has 2 N–H and O–H groups in total. The Morgan fingerprint density at radius 1 is 0.947 bits per heavy atom. The number of aryl methyl sites for hydroxylation is 2. The third kappa shape index (κ3) is 3.22. The molecule has 0 aromatic heterocycles. The van der Waals surface area contributed by atoms with Crippen LogP contribution < -0.4 is 5.32 Å². The van der Waals surface area contributed by atoms with Gasteiger partial charge in [0.05, 0.1) is 0 Å². The van der Waals surface area contributed by atoms with E-state index in [-0.39, 0.29) is 0 Å². The molecule has 2 heteroatoms. The zero-order valence-electron chi connectivity index (χ0n) is 11.8. The molecule has 1 unspecified atom stereocenters. The SMILES string of the molecule is CNCc1ccc(C(O)c2ccc(C)c(C)c2)cc1. The first-order valence-electron chi connectivity index (χ1n) is 6.60. The first kappa shape index (κ1) is 13.8. The van der Waals surface area contributed by atoms with E-state index < -0.39 is 6.10 Å². The number of hydrogen-bond donors (Lipinski definition) is 2. The van der Waals surface area contributed by atoms with E-state index in [1.807, 2.05) is 25.2 Å². The van der Waals surface area contributed by atoms with Crippen LogP contribution in [0.2, 0.25) is 0 Å². The minimum Gasteiger partial charge on any atom is -0.384 e. The van der Waals surface area contributed by atoms with E-state index >= 15 is 0 Å². The summed E-state index contributed by atoms with van der Waals surface area (Å²) in [6.07, 6.45) is -0.553. The highest BCUT2D eigenvalue weighted by molar-refractivity contribution is 5.36.